The Labute approximate surface area is 90.7 Å². The molecule has 1 heterocycles. The smallest absolute Gasteiger partial charge is 0.339 e. The fraction of sp³-hybridized carbons (Fsp3) is 0.333. The second-order valence-corrected chi connectivity index (χ2v) is 3.76. The fourth-order valence-electron chi connectivity index (χ4n) is 1.04. The number of hydrogen-bond donors (Lipinski definition) is 1. The number of aromatic carboxylic acids is 1. The van der Waals surface area contributed by atoms with Crippen molar-refractivity contribution in [1.29, 1.82) is 0 Å². The van der Waals surface area contributed by atoms with Crippen molar-refractivity contribution in [3.63, 3.8) is 0 Å². The first-order valence-electron chi connectivity index (χ1n) is 4.16. The lowest BCUT2D eigenvalue weighted by Crippen LogP contribution is -2.20. The van der Waals surface area contributed by atoms with Crippen molar-refractivity contribution in [1.82, 2.24) is 4.98 Å². The summed E-state index contributed by atoms with van der Waals surface area (Å²) >= 11 is 3.19. The topological polar surface area (TPSA) is 53.4 Å². The van der Waals surface area contributed by atoms with Gasteiger partial charge in [-0.1, -0.05) is 0 Å². The standard InChI is InChI=1S/C9H11BrN2O2/c1-3-12(2)8-7(9(13)14)4-6(10)5-11-8/h4-5H,3H2,1-2H3,(H,13,14). The molecule has 0 amide bonds. The van der Waals surface area contributed by atoms with E-state index in [0.29, 0.717) is 10.3 Å². The van der Waals surface area contributed by atoms with Crippen LogP contribution in [0.5, 0.6) is 0 Å². The van der Waals surface area contributed by atoms with Gasteiger partial charge in [0.1, 0.15) is 11.4 Å². The number of carboxylic acids is 1. The lowest BCUT2D eigenvalue weighted by atomic mass is 10.2. The minimum Gasteiger partial charge on any atom is -0.478 e. The Bertz CT molecular complexity index is 355. The maximum atomic E-state index is 10.9. The van der Waals surface area contributed by atoms with Crippen LogP contribution in [0.3, 0.4) is 0 Å². The van der Waals surface area contributed by atoms with Crippen molar-refractivity contribution in [2.75, 3.05) is 18.5 Å². The summed E-state index contributed by atoms with van der Waals surface area (Å²) in [6.45, 7) is 2.66. The zero-order valence-electron chi connectivity index (χ0n) is 7.99. The fourth-order valence-corrected chi connectivity index (χ4v) is 1.37. The Balaban J connectivity index is 3.21. The van der Waals surface area contributed by atoms with Crippen LogP contribution in [0.1, 0.15) is 17.3 Å². The first kappa shape index (κ1) is 11.0. The summed E-state index contributed by atoms with van der Waals surface area (Å²) in [5, 5.41) is 8.95. The molecule has 0 spiro atoms. The molecular weight excluding hydrogens is 248 g/mol. The van der Waals surface area contributed by atoms with Crippen LogP contribution in [0.2, 0.25) is 0 Å². The molecule has 0 fully saturated rings. The number of carboxylic acid groups (broad SMARTS) is 1. The van der Waals surface area contributed by atoms with E-state index in [4.69, 9.17) is 5.11 Å². The zero-order chi connectivity index (χ0) is 10.7. The normalized spacial score (nSPS) is 9.93. The van der Waals surface area contributed by atoms with Gasteiger partial charge < -0.3 is 10.0 Å². The minimum absolute atomic E-state index is 0.212. The van der Waals surface area contributed by atoms with Crippen molar-refractivity contribution in [2.24, 2.45) is 0 Å². The van der Waals surface area contributed by atoms with Crippen molar-refractivity contribution in [3.8, 4) is 0 Å². The van der Waals surface area contributed by atoms with Gasteiger partial charge in [-0.05, 0) is 28.9 Å². The summed E-state index contributed by atoms with van der Waals surface area (Å²) in [6, 6.07) is 1.55. The summed E-state index contributed by atoms with van der Waals surface area (Å²) in [4.78, 5) is 16.8. The Morgan fingerprint density at radius 3 is 2.86 bits per heavy atom. The number of carbonyl (C=O) groups is 1. The second kappa shape index (κ2) is 4.41. The Morgan fingerprint density at radius 2 is 2.36 bits per heavy atom. The van der Waals surface area contributed by atoms with Crippen LogP contribution in [-0.4, -0.2) is 29.7 Å². The third-order valence-electron chi connectivity index (χ3n) is 1.90. The van der Waals surface area contributed by atoms with Crippen molar-refractivity contribution < 1.29 is 9.90 Å². The number of nitrogens with zero attached hydrogens (tertiary/aromatic N) is 2. The summed E-state index contributed by atoms with van der Waals surface area (Å²) in [5.74, 6) is -0.475. The quantitative estimate of drug-likeness (QED) is 0.901. The molecule has 1 rings (SSSR count). The summed E-state index contributed by atoms with van der Waals surface area (Å²) in [6.07, 6.45) is 1.59. The molecule has 0 aliphatic rings. The molecule has 0 bridgehead atoms. The lowest BCUT2D eigenvalue weighted by molar-refractivity contribution is 0.0697. The summed E-state index contributed by atoms with van der Waals surface area (Å²) in [5.41, 5.74) is 0.212. The third-order valence-corrected chi connectivity index (χ3v) is 2.33. The Morgan fingerprint density at radius 1 is 1.71 bits per heavy atom. The highest BCUT2D eigenvalue weighted by atomic mass is 79.9. The van der Waals surface area contributed by atoms with Crippen LogP contribution in [0.25, 0.3) is 0 Å². The number of rotatable bonds is 3. The monoisotopic (exact) mass is 258 g/mol. The number of aromatic nitrogens is 1. The van der Waals surface area contributed by atoms with E-state index in [2.05, 4.69) is 20.9 Å². The van der Waals surface area contributed by atoms with E-state index in [0.717, 1.165) is 6.54 Å². The van der Waals surface area contributed by atoms with Crippen LogP contribution in [-0.2, 0) is 0 Å². The third kappa shape index (κ3) is 2.23. The SMILES string of the molecule is CCN(C)c1ncc(Br)cc1C(=O)O. The molecule has 0 aliphatic carbocycles. The number of hydrogen-bond acceptors (Lipinski definition) is 3. The van der Waals surface area contributed by atoms with E-state index < -0.39 is 5.97 Å². The van der Waals surface area contributed by atoms with E-state index >= 15 is 0 Å². The van der Waals surface area contributed by atoms with Gasteiger partial charge in [0.25, 0.3) is 0 Å². The molecule has 1 aromatic heterocycles. The molecule has 5 heteroatoms. The Hall–Kier alpha value is -1.10. The van der Waals surface area contributed by atoms with Gasteiger partial charge in [0.15, 0.2) is 0 Å². The lowest BCUT2D eigenvalue weighted by Gasteiger charge is -2.17. The van der Waals surface area contributed by atoms with Gasteiger partial charge in [-0.25, -0.2) is 9.78 Å². The van der Waals surface area contributed by atoms with Crippen LogP contribution in [0.15, 0.2) is 16.7 Å². The predicted molar refractivity (Wildman–Crippen MR) is 57.8 cm³/mol. The summed E-state index contributed by atoms with van der Waals surface area (Å²) in [7, 11) is 1.81. The molecule has 76 valence electrons. The molecule has 0 aliphatic heterocycles. The highest BCUT2D eigenvalue weighted by Gasteiger charge is 2.14. The average molecular weight is 259 g/mol. The zero-order valence-corrected chi connectivity index (χ0v) is 9.58. The van der Waals surface area contributed by atoms with E-state index in [1.54, 1.807) is 17.2 Å². The van der Waals surface area contributed by atoms with Gasteiger partial charge in [0.05, 0.1) is 0 Å². The molecule has 1 N–H and O–H groups in total. The van der Waals surface area contributed by atoms with Crippen LogP contribution in [0.4, 0.5) is 5.82 Å². The molecule has 14 heavy (non-hydrogen) atoms. The molecule has 1 aromatic rings. The highest BCUT2D eigenvalue weighted by Crippen LogP contribution is 2.20. The van der Waals surface area contributed by atoms with Crippen LogP contribution >= 0.6 is 15.9 Å². The average Bonchev–Trinajstić information content (AvgIpc) is 2.16. The molecule has 0 atom stereocenters. The molecule has 0 radical (unpaired) electrons. The van der Waals surface area contributed by atoms with Crippen molar-refractivity contribution >= 4 is 27.7 Å². The first-order chi connectivity index (χ1) is 6.56. The molecule has 0 unspecified atom stereocenters. The largest absolute Gasteiger partial charge is 0.478 e. The van der Waals surface area contributed by atoms with Gasteiger partial charge >= 0.3 is 5.97 Å². The summed E-state index contributed by atoms with van der Waals surface area (Å²) < 4.78 is 0.670. The van der Waals surface area contributed by atoms with E-state index in [1.165, 1.54) is 0 Å². The number of anilines is 1. The van der Waals surface area contributed by atoms with Crippen LogP contribution in [0, 0.1) is 0 Å². The molecule has 0 aromatic carbocycles. The van der Waals surface area contributed by atoms with Gasteiger partial charge in [0.2, 0.25) is 0 Å². The number of halogens is 1. The van der Waals surface area contributed by atoms with Gasteiger partial charge in [0, 0.05) is 24.3 Å². The van der Waals surface area contributed by atoms with Crippen molar-refractivity contribution in [3.05, 3.63) is 22.3 Å². The van der Waals surface area contributed by atoms with E-state index in [1.807, 2.05) is 14.0 Å². The first-order valence-corrected chi connectivity index (χ1v) is 4.95. The molecule has 4 nitrogen and oxygen atoms in total. The minimum atomic E-state index is -0.964. The predicted octanol–water partition coefficient (Wildman–Crippen LogP) is 2.00. The molecule has 0 saturated carbocycles. The second-order valence-electron chi connectivity index (χ2n) is 2.84. The van der Waals surface area contributed by atoms with Crippen molar-refractivity contribution in [2.45, 2.75) is 6.92 Å². The van der Waals surface area contributed by atoms with Gasteiger partial charge in [-0.3, -0.25) is 0 Å². The van der Waals surface area contributed by atoms with E-state index in [-0.39, 0.29) is 5.56 Å². The maximum absolute atomic E-state index is 10.9. The van der Waals surface area contributed by atoms with E-state index in [9.17, 15) is 4.79 Å². The molecule has 0 saturated heterocycles. The highest BCUT2D eigenvalue weighted by molar-refractivity contribution is 9.10. The van der Waals surface area contributed by atoms with Crippen LogP contribution < -0.4 is 4.90 Å². The number of pyridine rings is 1. The Kier molecular flexibility index (Phi) is 3.46. The molecular formula is C9H11BrN2O2. The van der Waals surface area contributed by atoms with Gasteiger partial charge in [-0.15, -0.1) is 0 Å². The maximum Gasteiger partial charge on any atom is 0.339 e. The van der Waals surface area contributed by atoms with Gasteiger partial charge in [-0.2, -0.15) is 0 Å².